The van der Waals surface area contributed by atoms with Gasteiger partial charge in [0.05, 0.1) is 20.6 Å². The minimum absolute atomic E-state index is 0.184. The zero-order chi connectivity index (χ0) is 14.5. The number of benzene rings is 1. The van der Waals surface area contributed by atoms with Gasteiger partial charge in [0.1, 0.15) is 0 Å². The van der Waals surface area contributed by atoms with E-state index in [0.29, 0.717) is 12.3 Å². The lowest BCUT2D eigenvalue weighted by Gasteiger charge is -2.24. The van der Waals surface area contributed by atoms with Crippen molar-refractivity contribution >= 4 is 5.97 Å². The van der Waals surface area contributed by atoms with E-state index in [9.17, 15) is 4.79 Å². The van der Waals surface area contributed by atoms with Crippen molar-refractivity contribution in [3.05, 3.63) is 23.8 Å². The van der Waals surface area contributed by atoms with Gasteiger partial charge in [-0.05, 0) is 37.1 Å². The molecule has 5 nitrogen and oxygen atoms in total. The van der Waals surface area contributed by atoms with Crippen LogP contribution in [0.1, 0.15) is 30.9 Å². The highest BCUT2D eigenvalue weighted by Crippen LogP contribution is 2.36. The summed E-state index contributed by atoms with van der Waals surface area (Å²) < 4.78 is 10.6. The summed E-state index contributed by atoms with van der Waals surface area (Å²) in [4.78, 5) is 13.0. The lowest BCUT2D eigenvalue weighted by Crippen LogP contribution is -2.26. The third kappa shape index (κ3) is 3.22. The number of hydrogen-bond donors (Lipinski definition) is 1. The predicted octanol–water partition coefficient (Wildman–Crippen LogP) is 2.32. The number of carboxylic acid groups (broad SMARTS) is 1. The average Bonchev–Trinajstić information content (AvgIpc) is 2.92. The first-order chi connectivity index (χ1) is 9.65. The number of likely N-dealkylation sites (tertiary alicyclic amines) is 1. The maximum atomic E-state index is 10.7. The minimum Gasteiger partial charge on any atom is -0.493 e. The second kappa shape index (κ2) is 6.61. The Morgan fingerprint density at radius 1 is 1.35 bits per heavy atom. The van der Waals surface area contributed by atoms with Crippen molar-refractivity contribution in [1.82, 2.24) is 4.90 Å². The monoisotopic (exact) mass is 279 g/mol. The van der Waals surface area contributed by atoms with Crippen LogP contribution >= 0.6 is 0 Å². The van der Waals surface area contributed by atoms with Crippen LogP contribution in [0.5, 0.6) is 11.5 Å². The van der Waals surface area contributed by atoms with Gasteiger partial charge in [0.15, 0.2) is 11.5 Å². The summed E-state index contributed by atoms with van der Waals surface area (Å²) >= 11 is 0. The molecule has 1 aliphatic heterocycles. The van der Waals surface area contributed by atoms with Crippen LogP contribution in [0.25, 0.3) is 0 Å². The Labute approximate surface area is 119 Å². The van der Waals surface area contributed by atoms with Crippen LogP contribution in [-0.4, -0.2) is 43.3 Å². The fourth-order valence-electron chi connectivity index (χ4n) is 2.77. The molecule has 5 heteroatoms. The number of carboxylic acids is 1. The number of methoxy groups -OCH3 is 2. The molecule has 110 valence electrons. The third-order valence-electron chi connectivity index (χ3n) is 3.77. The largest absolute Gasteiger partial charge is 0.493 e. The molecule has 20 heavy (non-hydrogen) atoms. The zero-order valence-electron chi connectivity index (χ0n) is 12.0. The normalized spacial score (nSPS) is 19.0. The SMILES string of the molecule is COc1ccc([C@H]2CCCN2CCC(=O)O)cc1OC. The molecule has 1 saturated heterocycles. The highest BCUT2D eigenvalue weighted by Gasteiger charge is 2.26. The van der Waals surface area contributed by atoms with E-state index in [1.807, 2.05) is 18.2 Å². The van der Waals surface area contributed by atoms with Crippen LogP contribution in [0.4, 0.5) is 0 Å². The van der Waals surface area contributed by atoms with Gasteiger partial charge < -0.3 is 14.6 Å². The molecule has 0 aromatic heterocycles. The Bertz CT molecular complexity index is 475. The zero-order valence-corrected chi connectivity index (χ0v) is 12.0. The summed E-state index contributed by atoms with van der Waals surface area (Å²) in [6, 6.07) is 6.20. The topological polar surface area (TPSA) is 59.0 Å². The fraction of sp³-hybridized carbons (Fsp3) is 0.533. The van der Waals surface area contributed by atoms with Gasteiger partial charge >= 0.3 is 5.97 Å². The minimum atomic E-state index is -0.747. The van der Waals surface area contributed by atoms with Gasteiger partial charge in [0, 0.05) is 12.6 Å². The van der Waals surface area contributed by atoms with E-state index in [4.69, 9.17) is 14.6 Å². The lowest BCUT2D eigenvalue weighted by molar-refractivity contribution is -0.137. The summed E-state index contributed by atoms with van der Waals surface area (Å²) in [6.45, 7) is 1.54. The number of nitrogens with zero attached hydrogens (tertiary/aromatic N) is 1. The molecule has 1 aromatic carbocycles. The highest BCUT2D eigenvalue weighted by atomic mass is 16.5. The van der Waals surface area contributed by atoms with Crippen molar-refractivity contribution in [2.24, 2.45) is 0 Å². The summed E-state index contributed by atoms with van der Waals surface area (Å²) in [7, 11) is 3.24. The molecule has 0 amide bonds. The molecule has 1 aliphatic rings. The van der Waals surface area contributed by atoms with Crippen LogP contribution in [0.3, 0.4) is 0 Å². The van der Waals surface area contributed by atoms with E-state index in [-0.39, 0.29) is 12.5 Å². The maximum Gasteiger partial charge on any atom is 0.304 e. The van der Waals surface area contributed by atoms with Gasteiger partial charge in [0.25, 0.3) is 0 Å². The second-order valence-electron chi connectivity index (χ2n) is 4.95. The first-order valence-electron chi connectivity index (χ1n) is 6.83. The van der Waals surface area contributed by atoms with Crippen LogP contribution < -0.4 is 9.47 Å². The van der Waals surface area contributed by atoms with E-state index in [1.54, 1.807) is 14.2 Å². The van der Waals surface area contributed by atoms with Gasteiger partial charge in [-0.2, -0.15) is 0 Å². The van der Waals surface area contributed by atoms with Crippen molar-refractivity contribution in [3.63, 3.8) is 0 Å². The molecule has 0 saturated carbocycles. The van der Waals surface area contributed by atoms with Gasteiger partial charge in [-0.3, -0.25) is 9.69 Å². The maximum absolute atomic E-state index is 10.7. The second-order valence-corrected chi connectivity index (χ2v) is 4.95. The molecule has 1 fully saturated rings. The molecule has 0 spiro atoms. The van der Waals surface area contributed by atoms with Gasteiger partial charge in [-0.25, -0.2) is 0 Å². The van der Waals surface area contributed by atoms with E-state index in [0.717, 1.165) is 30.7 Å². The Balaban J connectivity index is 2.15. The number of carbonyl (C=O) groups is 1. The Hall–Kier alpha value is -1.75. The number of ether oxygens (including phenoxy) is 2. The molecule has 0 bridgehead atoms. The quantitative estimate of drug-likeness (QED) is 0.866. The van der Waals surface area contributed by atoms with E-state index in [2.05, 4.69) is 4.90 Å². The van der Waals surface area contributed by atoms with Crippen molar-refractivity contribution in [1.29, 1.82) is 0 Å². The molecule has 1 N–H and O–H groups in total. The molecule has 2 rings (SSSR count). The van der Waals surface area contributed by atoms with E-state index >= 15 is 0 Å². The molecule has 1 atom stereocenters. The van der Waals surface area contributed by atoms with Crippen LogP contribution in [0.15, 0.2) is 18.2 Å². The molecule has 0 aliphatic carbocycles. The summed E-state index contributed by atoms with van der Waals surface area (Å²) in [5.74, 6) is 0.685. The van der Waals surface area contributed by atoms with Gasteiger partial charge in [-0.1, -0.05) is 6.07 Å². The number of hydrogen-bond acceptors (Lipinski definition) is 4. The average molecular weight is 279 g/mol. The summed E-state index contributed by atoms with van der Waals surface area (Å²) in [5, 5.41) is 8.82. The Morgan fingerprint density at radius 2 is 2.10 bits per heavy atom. The van der Waals surface area contributed by atoms with Crippen molar-refractivity contribution in [2.75, 3.05) is 27.3 Å². The smallest absolute Gasteiger partial charge is 0.304 e. The predicted molar refractivity (Wildman–Crippen MR) is 75.3 cm³/mol. The third-order valence-corrected chi connectivity index (χ3v) is 3.77. The lowest BCUT2D eigenvalue weighted by atomic mass is 10.0. The van der Waals surface area contributed by atoms with Gasteiger partial charge in [-0.15, -0.1) is 0 Å². The van der Waals surface area contributed by atoms with E-state index < -0.39 is 5.97 Å². The molecule has 0 unspecified atom stereocenters. The van der Waals surface area contributed by atoms with E-state index in [1.165, 1.54) is 0 Å². The summed E-state index contributed by atoms with van der Waals surface area (Å²) in [5.41, 5.74) is 1.16. The highest BCUT2D eigenvalue weighted by molar-refractivity contribution is 5.66. The van der Waals surface area contributed by atoms with Crippen molar-refractivity contribution < 1.29 is 19.4 Å². The molecular formula is C15H21NO4. The molecular weight excluding hydrogens is 258 g/mol. The standard InChI is InChI=1S/C15H21NO4/c1-19-13-6-5-11(10-14(13)20-2)12-4-3-8-16(12)9-7-15(17)18/h5-6,10,12H,3-4,7-9H2,1-2H3,(H,17,18)/t12-/m1/s1. The Kier molecular flexibility index (Phi) is 4.84. The number of rotatable bonds is 6. The first-order valence-corrected chi connectivity index (χ1v) is 6.83. The van der Waals surface area contributed by atoms with Crippen molar-refractivity contribution in [3.8, 4) is 11.5 Å². The first kappa shape index (κ1) is 14.7. The molecule has 0 radical (unpaired) electrons. The van der Waals surface area contributed by atoms with Crippen LogP contribution in [0.2, 0.25) is 0 Å². The molecule has 1 heterocycles. The summed E-state index contributed by atoms with van der Waals surface area (Å²) in [6.07, 6.45) is 2.33. The van der Waals surface area contributed by atoms with Crippen LogP contribution in [0, 0.1) is 0 Å². The Morgan fingerprint density at radius 3 is 2.75 bits per heavy atom. The van der Waals surface area contributed by atoms with Gasteiger partial charge in [0.2, 0.25) is 0 Å². The van der Waals surface area contributed by atoms with Crippen LogP contribution in [-0.2, 0) is 4.79 Å². The van der Waals surface area contributed by atoms with Crippen molar-refractivity contribution in [2.45, 2.75) is 25.3 Å². The molecule has 1 aromatic rings. The fourth-order valence-corrected chi connectivity index (χ4v) is 2.77. The number of aliphatic carboxylic acids is 1.